The molecular weight excluding hydrogens is 252 g/mol. The molecule has 0 saturated carbocycles. The van der Waals surface area contributed by atoms with E-state index in [-0.39, 0.29) is 6.54 Å². The SMILES string of the molecule is NCC(N)(C(O)c1ccccc1)C(O)c1ccccc1. The summed E-state index contributed by atoms with van der Waals surface area (Å²) >= 11 is 0. The van der Waals surface area contributed by atoms with E-state index < -0.39 is 17.7 Å². The second-order valence-corrected chi connectivity index (χ2v) is 4.94. The van der Waals surface area contributed by atoms with E-state index in [2.05, 4.69) is 0 Å². The zero-order valence-corrected chi connectivity index (χ0v) is 11.2. The van der Waals surface area contributed by atoms with Crippen LogP contribution in [0, 0.1) is 0 Å². The van der Waals surface area contributed by atoms with Crippen LogP contribution in [0.15, 0.2) is 60.7 Å². The van der Waals surface area contributed by atoms with Crippen molar-refractivity contribution in [2.75, 3.05) is 6.54 Å². The standard InChI is InChI=1S/C16H20N2O2/c17-11-16(18,14(19)12-7-3-1-4-8-12)15(20)13-9-5-2-6-10-13/h1-10,14-15,19-20H,11,17-18H2. The van der Waals surface area contributed by atoms with Gasteiger partial charge in [-0.25, -0.2) is 0 Å². The van der Waals surface area contributed by atoms with Crippen molar-refractivity contribution in [1.82, 2.24) is 0 Å². The Hall–Kier alpha value is -1.72. The number of hydrogen-bond donors (Lipinski definition) is 4. The molecule has 0 spiro atoms. The number of aliphatic hydroxyl groups is 2. The third-order valence-electron chi connectivity index (χ3n) is 3.60. The first-order chi connectivity index (χ1) is 9.59. The molecule has 4 heteroatoms. The van der Waals surface area contributed by atoms with Gasteiger partial charge in [-0.3, -0.25) is 0 Å². The first-order valence-corrected chi connectivity index (χ1v) is 6.54. The van der Waals surface area contributed by atoms with Crippen molar-refractivity contribution >= 4 is 0 Å². The Morgan fingerprint density at radius 1 is 0.800 bits per heavy atom. The fourth-order valence-electron chi connectivity index (χ4n) is 2.26. The molecule has 0 aliphatic carbocycles. The van der Waals surface area contributed by atoms with Crippen LogP contribution in [0.3, 0.4) is 0 Å². The van der Waals surface area contributed by atoms with Crippen LogP contribution in [0.5, 0.6) is 0 Å². The third-order valence-corrected chi connectivity index (χ3v) is 3.60. The predicted octanol–water partition coefficient (Wildman–Crippen LogP) is 1.11. The topological polar surface area (TPSA) is 92.5 Å². The lowest BCUT2D eigenvalue weighted by Gasteiger charge is -2.37. The second-order valence-electron chi connectivity index (χ2n) is 4.94. The van der Waals surface area contributed by atoms with Gasteiger partial charge in [0.05, 0.1) is 5.54 Å². The summed E-state index contributed by atoms with van der Waals surface area (Å²) in [7, 11) is 0. The highest BCUT2D eigenvalue weighted by atomic mass is 16.3. The lowest BCUT2D eigenvalue weighted by molar-refractivity contribution is -0.00888. The molecule has 2 aromatic rings. The summed E-state index contributed by atoms with van der Waals surface area (Å²) < 4.78 is 0. The Labute approximate surface area is 118 Å². The minimum atomic E-state index is -1.34. The molecule has 6 N–H and O–H groups in total. The van der Waals surface area contributed by atoms with E-state index in [1.807, 2.05) is 36.4 Å². The molecule has 0 aromatic heterocycles. The van der Waals surface area contributed by atoms with Gasteiger partial charge >= 0.3 is 0 Å². The van der Waals surface area contributed by atoms with Crippen molar-refractivity contribution in [2.45, 2.75) is 17.7 Å². The number of aliphatic hydroxyl groups excluding tert-OH is 2. The monoisotopic (exact) mass is 272 g/mol. The molecule has 0 bridgehead atoms. The van der Waals surface area contributed by atoms with Gasteiger partial charge in [-0.15, -0.1) is 0 Å². The van der Waals surface area contributed by atoms with Crippen molar-refractivity contribution in [2.24, 2.45) is 11.5 Å². The minimum absolute atomic E-state index is 0.0425. The van der Waals surface area contributed by atoms with Crippen LogP contribution in [0.2, 0.25) is 0 Å². The number of nitrogens with two attached hydrogens (primary N) is 2. The third kappa shape index (κ3) is 2.73. The highest BCUT2D eigenvalue weighted by molar-refractivity contribution is 5.27. The minimum Gasteiger partial charge on any atom is -0.386 e. The highest BCUT2D eigenvalue weighted by Crippen LogP contribution is 2.34. The zero-order valence-electron chi connectivity index (χ0n) is 11.2. The predicted molar refractivity (Wildman–Crippen MR) is 78.8 cm³/mol. The molecule has 2 rings (SSSR count). The van der Waals surface area contributed by atoms with Crippen molar-refractivity contribution < 1.29 is 10.2 Å². The van der Waals surface area contributed by atoms with Gasteiger partial charge in [-0.2, -0.15) is 0 Å². The summed E-state index contributed by atoms with van der Waals surface area (Å²) in [6, 6.07) is 18.0. The van der Waals surface area contributed by atoms with Crippen molar-refractivity contribution in [3.63, 3.8) is 0 Å². The van der Waals surface area contributed by atoms with E-state index in [0.29, 0.717) is 11.1 Å². The fraction of sp³-hybridized carbons (Fsp3) is 0.250. The van der Waals surface area contributed by atoms with Crippen LogP contribution in [-0.2, 0) is 0 Å². The molecule has 0 amide bonds. The van der Waals surface area contributed by atoms with Gasteiger partial charge < -0.3 is 21.7 Å². The normalized spacial score (nSPS) is 17.2. The maximum atomic E-state index is 10.5. The molecule has 0 fully saturated rings. The highest BCUT2D eigenvalue weighted by Gasteiger charge is 2.41. The van der Waals surface area contributed by atoms with Crippen LogP contribution in [0.25, 0.3) is 0 Å². The van der Waals surface area contributed by atoms with E-state index >= 15 is 0 Å². The van der Waals surface area contributed by atoms with E-state index in [1.165, 1.54) is 0 Å². The van der Waals surface area contributed by atoms with Crippen molar-refractivity contribution in [3.8, 4) is 0 Å². The molecular formula is C16H20N2O2. The molecule has 0 saturated heterocycles. The van der Waals surface area contributed by atoms with E-state index in [9.17, 15) is 10.2 Å². The van der Waals surface area contributed by atoms with Gasteiger partial charge in [0.2, 0.25) is 0 Å². The molecule has 0 heterocycles. The maximum absolute atomic E-state index is 10.5. The molecule has 2 atom stereocenters. The summed E-state index contributed by atoms with van der Waals surface area (Å²) in [6.45, 7) is -0.0425. The zero-order chi connectivity index (χ0) is 14.6. The van der Waals surface area contributed by atoms with E-state index in [4.69, 9.17) is 11.5 Å². The Bertz CT molecular complexity index is 485. The van der Waals surface area contributed by atoms with Crippen LogP contribution in [-0.4, -0.2) is 22.3 Å². The van der Waals surface area contributed by atoms with E-state index in [1.54, 1.807) is 24.3 Å². The maximum Gasteiger partial charge on any atom is 0.101 e. The Kier molecular flexibility index (Phi) is 4.52. The van der Waals surface area contributed by atoms with E-state index in [0.717, 1.165) is 0 Å². The molecule has 0 aliphatic heterocycles. The summed E-state index contributed by atoms with van der Waals surface area (Å²) in [4.78, 5) is 0. The Morgan fingerprint density at radius 3 is 1.45 bits per heavy atom. The lowest BCUT2D eigenvalue weighted by atomic mass is 9.80. The Morgan fingerprint density at radius 2 is 1.15 bits per heavy atom. The van der Waals surface area contributed by atoms with Gasteiger partial charge in [-0.05, 0) is 11.1 Å². The van der Waals surface area contributed by atoms with Crippen LogP contribution >= 0.6 is 0 Å². The molecule has 2 unspecified atom stereocenters. The van der Waals surface area contributed by atoms with Gasteiger partial charge in [0, 0.05) is 6.54 Å². The van der Waals surface area contributed by atoms with Gasteiger partial charge in [0.1, 0.15) is 12.2 Å². The second kappa shape index (κ2) is 6.15. The lowest BCUT2D eigenvalue weighted by Crippen LogP contribution is -2.56. The van der Waals surface area contributed by atoms with Gasteiger partial charge in [-0.1, -0.05) is 60.7 Å². The molecule has 106 valence electrons. The molecule has 4 nitrogen and oxygen atoms in total. The van der Waals surface area contributed by atoms with Crippen molar-refractivity contribution in [1.29, 1.82) is 0 Å². The number of hydrogen-bond acceptors (Lipinski definition) is 4. The fourth-order valence-corrected chi connectivity index (χ4v) is 2.26. The molecule has 20 heavy (non-hydrogen) atoms. The molecule has 0 aliphatic rings. The molecule has 2 aromatic carbocycles. The first kappa shape index (κ1) is 14.7. The van der Waals surface area contributed by atoms with Crippen molar-refractivity contribution in [3.05, 3.63) is 71.8 Å². The smallest absolute Gasteiger partial charge is 0.101 e. The summed E-state index contributed by atoms with van der Waals surface area (Å²) in [5.74, 6) is 0. The number of benzene rings is 2. The summed E-state index contributed by atoms with van der Waals surface area (Å²) in [5.41, 5.74) is 11.9. The van der Waals surface area contributed by atoms with Crippen LogP contribution in [0.4, 0.5) is 0 Å². The Balaban J connectivity index is 2.33. The molecule has 0 radical (unpaired) electrons. The van der Waals surface area contributed by atoms with Gasteiger partial charge in [0.15, 0.2) is 0 Å². The average molecular weight is 272 g/mol. The van der Waals surface area contributed by atoms with Gasteiger partial charge in [0.25, 0.3) is 0 Å². The van der Waals surface area contributed by atoms with Crippen LogP contribution in [0.1, 0.15) is 23.3 Å². The van der Waals surface area contributed by atoms with Crippen LogP contribution < -0.4 is 11.5 Å². The number of rotatable bonds is 5. The quantitative estimate of drug-likeness (QED) is 0.656. The largest absolute Gasteiger partial charge is 0.386 e. The summed E-state index contributed by atoms with van der Waals surface area (Å²) in [5, 5.41) is 21.0. The first-order valence-electron chi connectivity index (χ1n) is 6.54. The average Bonchev–Trinajstić information content (AvgIpc) is 2.54. The summed E-state index contributed by atoms with van der Waals surface area (Å²) in [6.07, 6.45) is -2.10.